The topological polar surface area (TPSA) is 95.5 Å². The van der Waals surface area contributed by atoms with E-state index in [1.807, 2.05) is 0 Å². The van der Waals surface area contributed by atoms with Gasteiger partial charge in [0.25, 0.3) is 5.69 Å². The highest BCUT2D eigenvalue weighted by molar-refractivity contribution is 5.69. The van der Waals surface area contributed by atoms with Crippen LogP contribution in [0.5, 0.6) is 0 Å². The molecule has 3 rings (SSSR count). The molecule has 27 heavy (non-hydrogen) atoms. The molecule has 3 aromatic rings. The first-order chi connectivity index (χ1) is 13.0. The smallest absolute Gasteiger partial charge is 0.306 e. The Morgan fingerprint density at radius 2 is 1.93 bits per heavy atom. The highest BCUT2D eigenvalue weighted by atomic mass is 19.1. The number of aryl methyl sites for hydroxylation is 1. The molecule has 1 aromatic heterocycles. The van der Waals surface area contributed by atoms with Crippen LogP contribution in [-0.4, -0.2) is 15.9 Å². The molecule has 0 aliphatic heterocycles. The van der Waals surface area contributed by atoms with Crippen molar-refractivity contribution >= 4 is 11.7 Å². The fourth-order valence-corrected chi connectivity index (χ4v) is 2.42. The molecule has 0 spiro atoms. The van der Waals surface area contributed by atoms with Gasteiger partial charge in [-0.25, -0.2) is 9.37 Å². The van der Waals surface area contributed by atoms with Crippen LogP contribution in [0.4, 0.5) is 10.1 Å². The molecule has 0 saturated heterocycles. The number of nitrogens with zero attached hydrogens (tertiary/aromatic N) is 2. The molecule has 2 aromatic carbocycles. The van der Waals surface area contributed by atoms with E-state index < -0.39 is 10.9 Å². The van der Waals surface area contributed by atoms with Crippen LogP contribution in [0.2, 0.25) is 0 Å². The van der Waals surface area contributed by atoms with Crippen molar-refractivity contribution in [2.75, 3.05) is 0 Å². The number of rotatable bonds is 7. The van der Waals surface area contributed by atoms with Crippen LogP contribution in [0.3, 0.4) is 0 Å². The van der Waals surface area contributed by atoms with Crippen LogP contribution in [0, 0.1) is 15.9 Å². The number of nitro groups is 1. The minimum atomic E-state index is -0.521. The normalized spacial score (nSPS) is 10.6. The molecular formula is C19H15FN2O5. The molecule has 0 saturated carbocycles. The number of benzene rings is 2. The molecule has 0 N–H and O–H groups in total. The van der Waals surface area contributed by atoms with E-state index in [0.717, 1.165) is 0 Å². The third kappa shape index (κ3) is 4.75. The summed E-state index contributed by atoms with van der Waals surface area (Å²) >= 11 is 0. The van der Waals surface area contributed by atoms with Crippen molar-refractivity contribution in [1.29, 1.82) is 0 Å². The van der Waals surface area contributed by atoms with Crippen LogP contribution in [0.1, 0.15) is 17.9 Å². The summed E-state index contributed by atoms with van der Waals surface area (Å²) in [4.78, 5) is 26.4. The van der Waals surface area contributed by atoms with Gasteiger partial charge < -0.3 is 9.15 Å². The van der Waals surface area contributed by atoms with Gasteiger partial charge in [0.05, 0.1) is 23.1 Å². The number of aromatic nitrogens is 1. The summed E-state index contributed by atoms with van der Waals surface area (Å²) in [6, 6.07) is 11.8. The number of esters is 1. The van der Waals surface area contributed by atoms with Crippen LogP contribution in [0.15, 0.2) is 59.1 Å². The number of carbonyl (C=O) groups excluding carboxylic acids is 1. The molecule has 8 heteroatoms. The van der Waals surface area contributed by atoms with Crippen LogP contribution in [0.25, 0.3) is 11.3 Å². The Morgan fingerprint density at radius 1 is 1.19 bits per heavy atom. The highest BCUT2D eigenvalue weighted by Gasteiger charge is 2.15. The number of halogens is 1. The second-order valence-electron chi connectivity index (χ2n) is 5.67. The minimum Gasteiger partial charge on any atom is -0.461 e. The van der Waals surface area contributed by atoms with Crippen LogP contribution in [-0.2, 0) is 22.6 Å². The number of oxazole rings is 1. The van der Waals surface area contributed by atoms with Crippen LogP contribution < -0.4 is 0 Å². The summed E-state index contributed by atoms with van der Waals surface area (Å²) in [6.07, 6.45) is 1.74. The Hall–Kier alpha value is -3.55. The van der Waals surface area contributed by atoms with Gasteiger partial charge in [0.15, 0.2) is 11.7 Å². The largest absolute Gasteiger partial charge is 0.461 e. The maximum absolute atomic E-state index is 12.9. The number of hydrogen-bond donors (Lipinski definition) is 0. The standard InChI is InChI=1S/C19H15FN2O5/c20-15-7-5-13(6-8-15)17-11-21-18(27-17)9-10-19(23)26-12-14-3-1-2-4-16(14)22(24)25/h1-8,11H,9-10,12H2. The molecular weight excluding hydrogens is 355 g/mol. The van der Waals surface area contributed by atoms with E-state index in [1.165, 1.54) is 30.5 Å². The van der Waals surface area contributed by atoms with E-state index in [9.17, 15) is 19.3 Å². The average Bonchev–Trinajstić information content (AvgIpc) is 3.14. The fraction of sp³-hybridized carbons (Fsp3) is 0.158. The zero-order valence-corrected chi connectivity index (χ0v) is 14.1. The van der Waals surface area contributed by atoms with Crippen molar-refractivity contribution in [2.24, 2.45) is 0 Å². The molecule has 0 aliphatic rings. The predicted octanol–water partition coefficient (Wildman–Crippen LogP) is 4.06. The van der Waals surface area contributed by atoms with Gasteiger partial charge in [0.2, 0.25) is 0 Å². The molecule has 0 bridgehead atoms. The fourth-order valence-electron chi connectivity index (χ4n) is 2.42. The number of carbonyl (C=O) groups is 1. The quantitative estimate of drug-likeness (QED) is 0.353. The highest BCUT2D eigenvalue weighted by Crippen LogP contribution is 2.22. The second-order valence-corrected chi connectivity index (χ2v) is 5.67. The third-order valence-electron chi connectivity index (χ3n) is 3.80. The van der Waals surface area contributed by atoms with Crippen molar-refractivity contribution in [2.45, 2.75) is 19.4 Å². The molecule has 0 fully saturated rings. The van der Waals surface area contributed by atoms with E-state index in [4.69, 9.17) is 9.15 Å². The number of para-hydroxylation sites is 1. The van der Waals surface area contributed by atoms with Gasteiger partial charge in [-0.2, -0.15) is 0 Å². The molecule has 0 atom stereocenters. The summed E-state index contributed by atoms with van der Waals surface area (Å²) in [7, 11) is 0. The first-order valence-corrected chi connectivity index (χ1v) is 8.11. The lowest BCUT2D eigenvalue weighted by Gasteiger charge is -2.05. The lowest BCUT2D eigenvalue weighted by Crippen LogP contribution is -2.07. The number of ether oxygens (including phenoxy) is 1. The molecule has 1 heterocycles. The Morgan fingerprint density at radius 3 is 2.67 bits per heavy atom. The van der Waals surface area contributed by atoms with E-state index in [-0.39, 0.29) is 31.0 Å². The number of hydrogen-bond acceptors (Lipinski definition) is 6. The summed E-state index contributed by atoms with van der Waals surface area (Å²) in [6.45, 7) is -0.178. The van der Waals surface area contributed by atoms with Gasteiger partial charge in [0, 0.05) is 18.1 Å². The Kier molecular flexibility index (Phi) is 5.55. The summed E-state index contributed by atoms with van der Waals surface area (Å²) < 4.78 is 23.6. The Labute approximate surface area is 153 Å². The van der Waals surface area contributed by atoms with Crippen molar-refractivity contribution in [1.82, 2.24) is 4.98 Å². The van der Waals surface area contributed by atoms with E-state index >= 15 is 0 Å². The van der Waals surface area contributed by atoms with E-state index in [0.29, 0.717) is 22.8 Å². The van der Waals surface area contributed by atoms with E-state index in [2.05, 4.69) is 4.98 Å². The number of nitro benzene ring substituents is 1. The summed E-state index contributed by atoms with van der Waals surface area (Å²) in [5.41, 5.74) is 0.904. The average molecular weight is 370 g/mol. The van der Waals surface area contributed by atoms with Gasteiger partial charge >= 0.3 is 5.97 Å². The summed E-state index contributed by atoms with van der Waals surface area (Å²) in [5.74, 6) is -0.0511. The van der Waals surface area contributed by atoms with Gasteiger partial charge in [-0.1, -0.05) is 12.1 Å². The van der Waals surface area contributed by atoms with Gasteiger partial charge in [0.1, 0.15) is 12.4 Å². The maximum Gasteiger partial charge on any atom is 0.306 e. The van der Waals surface area contributed by atoms with Gasteiger partial charge in [-0.15, -0.1) is 0 Å². The van der Waals surface area contributed by atoms with Crippen molar-refractivity contribution in [3.8, 4) is 11.3 Å². The lowest BCUT2D eigenvalue weighted by atomic mass is 10.2. The predicted molar refractivity (Wildman–Crippen MR) is 93.1 cm³/mol. The van der Waals surface area contributed by atoms with E-state index in [1.54, 1.807) is 24.3 Å². The summed E-state index contributed by atoms with van der Waals surface area (Å²) in [5, 5.41) is 10.9. The first kappa shape index (κ1) is 18.2. The first-order valence-electron chi connectivity index (χ1n) is 8.11. The van der Waals surface area contributed by atoms with Crippen molar-refractivity contribution in [3.63, 3.8) is 0 Å². The monoisotopic (exact) mass is 370 g/mol. The zero-order chi connectivity index (χ0) is 19.2. The third-order valence-corrected chi connectivity index (χ3v) is 3.80. The molecule has 0 aliphatic carbocycles. The van der Waals surface area contributed by atoms with Gasteiger partial charge in [-0.3, -0.25) is 14.9 Å². The minimum absolute atomic E-state index is 0.0179. The SMILES string of the molecule is O=C(CCc1ncc(-c2ccc(F)cc2)o1)OCc1ccccc1[N+](=O)[O-]. The molecule has 7 nitrogen and oxygen atoms in total. The molecule has 0 unspecified atom stereocenters. The molecule has 0 radical (unpaired) electrons. The van der Waals surface area contributed by atoms with Crippen LogP contribution >= 0.6 is 0 Å². The lowest BCUT2D eigenvalue weighted by molar-refractivity contribution is -0.385. The van der Waals surface area contributed by atoms with Gasteiger partial charge in [-0.05, 0) is 30.3 Å². The maximum atomic E-state index is 12.9. The molecule has 138 valence electrons. The van der Waals surface area contributed by atoms with Crippen molar-refractivity contribution in [3.05, 3.63) is 82.1 Å². The second kappa shape index (κ2) is 8.22. The Balaban J connectivity index is 1.53. The van der Waals surface area contributed by atoms with Crippen molar-refractivity contribution < 1.29 is 23.3 Å². The molecule has 0 amide bonds. The zero-order valence-electron chi connectivity index (χ0n) is 14.1. The Bertz CT molecular complexity index is 953.